The van der Waals surface area contributed by atoms with Crippen molar-refractivity contribution in [3.8, 4) is 0 Å². The van der Waals surface area contributed by atoms with Gasteiger partial charge in [-0.15, -0.1) is 0 Å². The second-order valence-electron chi connectivity index (χ2n) is 7.88. The average molecular weight is 444 g/mol. The van der Waals surface area contributed by atoms with E-state index in [4.69, 9.17) is 0 Å². The van der Waals surface area contributed by atoms with Crippen LogP contribution in [0.4, 0.5) is 0 Å². The van der Waals surface area contributed by atoms with Crippen LogP contribution in [0.25, 0.3) is 0 Å². The minimum atomic E-state index is -3.63. The number of carbonyl (C=O) groups excluding carboxylic acids is 1. The van der Waals surface area contributed by atoms with E-state index < -0.39 is 20.0 Å². The van der Waals surface area contributed by atoms with Gasteiger partial charge >= 0.3 is 0 Å². The van der Waals surface area contributed by atoms with Crippen molar-refractivity contribution in [2.45, 2.75) is 50.0 Å². The molecule has 29 heavy (non-hydrogen) atoms. The number of rotatable bonds is 5. The number of hydrogen-bond acceptors (Lipinski definition) is 5. The first-order chi connectivity index (χ1) is 13.6. The number of amides is 1. The summed E-state index contributed by atoms with van der Waals surface area (Å²) in [5, 5.41) is 2.88. The Bertz CT molecular complexity index is 970. The van der Waals surface area contributed by atoms with Gasteiger partial charge < -0.3 is 5.32 Å². The van der Waals surface area contributed by atoms with Gasteiger partial charge in [-0.05, 0) is 50.3 Å². The topological polar surface area (TPSA) is 104 Å². The van der Waals surface area contributed by atoms with Crippen molar-refractivity contribution in [3.63, 3.8) is 0 Å². The van der Waals surface area contributed by atoms with E-state index >= 15 is 0 Å². The smallest absolute Gasteiger partial charge is 0.251 e. The van der Waals surface area contributed by atoms with Crippen LogP contribution in [0, 0.1) is 6.92 Å². The summed E-state index contributed by atoms with van der Waals surface area (Å²) in [5.41, 5.74) is 0.982. The first-order valence-electron chi connectivity index (χ1n) is 9.96. The van der Waals surface area contributed by atoms with Crippen LogP contribution in [-0.2, 0) is 20.0 Å². The maximum atomic E-state index is 12.9. The average Bonchev–Trinajstić information content (AvgIpc) is 2.68. The Morgan fingerprint density at radius 2 is 1.66 bits per heavy atom. The van der Waals surface area contributed by atoms with Crippen molar-refractivity contribution >= 4 is 26.0 Å². The fourth-order valence-electron chi connectivity index (χ4n) is 3.89. The molecule has 0 spiro atoms. The predicted octanol–water partition coefficient (Wildman–Crippen LogP) is 1.32. The summed E-state index contributed by atoms with van der Waals surface area (Å²) in [4.78, 5) is 13.0. The minimum absolute atomic E-state index is 0.122. The van der Waals surface area contributed by atoms with Crippen LogP contribution in [0.1, 0.15) is 48.0 Å². The fraction of sp³-hybridized carbons (Fsp3) is 0.632. The van der Waals surface area contributed by atoms with Gasteiger partial charge in [0.25, 0.3) is 5.91 Å². The van der Waals surface area contributed by atoms with Crippen molar-refractivity contribution in [1.29, 1.82) is 0 Å². The standard InChI is InChI=1S/C19H29N3O5S2/c1-15-8-9-17(29(26,27)21-10-4-3-5-11-21)13-18(15)19(23)20-16-7-6-12-22(14-16)28(2,24)25/h8-9,13,16H,3-7,10-12,14H2,1-2H3,(H,20,23). The van der Waals surface area contributed by atoms with Crippen LogP contribution in [0.15, 0.2) is 23.1 Å². The van der Waals surface area contributed by atoms with Crippen molar-refractivity contribution < 1.29 is 21.6 Å². The molecule has 1 atom stereocenters. The molecule has 1 aromatic rings. The molecule has 0 radical (unpaired) electrons. The van der Waals surface area contributed by atoms with Crippen molar-refractivity contribution in [2.75, 3.05) is 32.4 Å². The van der Waals surface area contributed by atoms with Crippen LogP contribution >= 0.6 is 0 Å². The molecule has 2 aliphatic heterocycles. The first-order valence-corrected chi connectivity index (χ1v) is 13.2. The Morgan fingerprint density at radius 3 is 2.31 bits per heavy atom. The highest BCUT2D eigenvalue weighted by Crippen LogP contribution is 2.23. The Balaban J connectivity index is 1.78. The fourth-order valence-corrected chi connectivity index (χ4v) is 6.34. The molecule has 1 N–H and O–H groups in total. The van der Waals surface area contributed by atoms with Crippen LogP contribution in [0.3, 0.4) is 0 Å². The molecule has 0 aliphatic carbocycles. The van der Waals surface area contributed by atoms with E-state index in [9.17, 15) is 21.6 Å². The van der Waals surface area contributed by atoms with Crippen molar-refractivity contribution in [3.05, 3.63) is 29.3 Å². The van der Waals surface area contributed by atoms with Crippen LogP contribution < -0.4 is 5.32 Å². The molecule has 2 fully saturated rings. The summed E-state index contributed by atoms with van der Waals surface area (Å²) >= 11 is 0. The molecule has 8 nitrogen and oxygen atoms in total. The number of nitrogens with zero attached hydrogens (tertiary/aromatic N) is 2. The lowest BCUT2D eigenvalue weighted by molar-refractivity contribution is 0.0920. The largest absolute Gasteiger partial charge is 0.348 e. The molecule has 3 rings (SSSR count). The molecular weight excluding hydrogens is 414 g/mol. The zero-order valence-corrected chi connectivity index (χ0v) is 18.6. The third-order valence-electron chi connectivity index (χ3n) is 5.59. The predicted molar refractivity (Wildman–Crippen MR) is 111 cm³/mol. The highest BCUT2D eigenvalue weighted by Gasteiger charge is 2.29. The highest BCUT2D eigenvalue weighted by atomic mass is 32.2. The van der Waals surface area contributed by atoms with Gasteiger partial charge in [0.2, 0.25) is 20.0 Å². The third-order valence-corrected chi connectivity index (χ3v) is 8.76. The number of carbonyl (C=O) groups is 1. The molecule has 10 heteroatoms. The van der Waals surface area contributed by atoms with Gasteiger partial charge in [0.1, 0.15) is 0 Å². The molecule has 2 heterocycles. The molecule has 1 unspecified atom stereocenters. The van der Waals surface area contributed by atoms with Gasteiger partial charge in [0, 0.05) is 37.8 Å². The molecule has 0 saturated carbocycles. The van der Waals surface area contributed by atoms with Crippen LogP contribution in [0.5, 0.6) is 0 Å². The van der Waals surface area contributed by atoms with Gasteiger partial charge in [-0.3, -0.25) is 4.79 Å². The second-order valence-corrected chi connectivity index (χ2v) is 11.8. The van der Waals surface area contributed by atoms with E-state index in [-0.39, 0.29) is 23.4 Å². The number of hydrogen-bond donors (Lipinski definition) is 1. The molecule has 2 aliphatic rings. The van der Waals surface area contributed by atoms with E-state index in [0.717, 1.165) is 25.5 Å². The number of piperidine rings is 2. The zero-order chi connectivity index (χ0) is 21.2. The van der Waals surface area contributed by atoms with E-state index in [0.29, 0.717) is 43.6 Å². The number of nitrogens with one attached hydrogen (secondary N) is 1. The van der Waals surface area contributed by atoms with Gasteiger partial charge in [-0.25, -0.2) is 21.1 Å². The maximum Gasteiger partial charge on any atom is 0.251 e. The van der Waals surface area contributed by atoms with E-state index in [1.54, 1.807) is 19.1 Å². The van der Waals surface area contributed by atoms with Gasteiger partial charge in [-0.1, -0.05) is 12.5 Å². The maximum absolute atomic E-state index is 12.9. The molecule has 2 saturated heterocycles. The molecule has 1 aromatic carbocycles. The van der Waals surface area contributed by atoms with Crippen molar-refractivity contribution in [1.82, 2.24) is 13.9 Å². The summed E-state index contributed by atoms with van der Waals surface area (Å²) in [6.45, 7) is 3.45. The van der Waals surface area contributed by atoms with Gasteiger partial charge in [0.15, 0.2) is 0 Å². The SMILES string of the molecule is Cc1ccc(S(=O)(=O)N2CCCCC2)cc1C(=O)NC1CCCN(S(C)(=O)=O)C1. The lowest BCUT2D eigenvalue weighted by atomic mass is 10.0. The Kier molecular flexibility index (Phi) is 6.67. The number of aryl methyl sites for hydroxylation is 1. The number of benzene rings is 1. The summed E-state index contributed by atoms with van der Waals surface area (Å²) in [5.74, 6) is -0.376. The normalized spacial score (nSPS) is 22.3. The second kappa shape index (κ2) is 8.71. The van der Waals surface area contributed by atoms with E-state index in [1.165, 1.54) is 14.7 Å². The quantitative estimate of drug-likeness (QED) is 0.739. The number of sulfonamides is 2. The summed E-state index contributed by atoms with van der Waals surface area (Å²) in [6.07, 6.45) is 5.23. The van der Waals surface area contributed by atoms with Crippen LogP contribution in [0.2, 0.25) is 0 Å². The Labute approximate surface area is 173 Å². The van der Waals surface area contributed by atoms with Gasteiger partial charge in [0.05, 0.1) is 11.2 Å². The highest BCUT2D eigenvalue weighted by molar-refractivity contribution is 7.89. The van der Waals surface area contributed by atoms with E-state index in [1.807, 2.05) is 0 Å². The van der Waals surface area contributed by atoms with Gasteiger partial charge in [-0.2, -0.15) is 4.31 Å². The lowest BCUT2D eigenvalue weighted by Crippen LogP contribution is -2.49. The lowest BCUT2D eigenvalue weighted by Gasteiger charge is -2.31. The van der Waals surface area contributed by atoms with Crippen LogP contribution in [-0.4, -0.2) is 69.8 Å². The monoisotopic (exact) mass is 443 g/mol. The summed E-state index contributed by atoms with van der Waals surface area (Å²) in [6, 6.07) is 4.33. The summed E-state index contributed by atoms with van der Waals surface area (Å²) < 4.78 is 52.3. The molecule has 0 bridgehead atoms. The molecule has 162 valence electrons. The third kappa shape index (κ3) is 5.17. The van der Waals surface area contributed by atoms with Crippen molar-refractivity contribution in [2.24, 2.45) is 0 Å². The van der Waals surface area contributed by atoms with E-state index in [2.05, 4.69) is 5.32 Å². The minimum Gasteiger partial charge on any atom is -0.348 e. The summed E-state index contributed by atoms with van der Waals surface area (Å²) in [7, 11) is -6.94. The zero-order valence-electron chi connectivity index (χ0n) is 16.9. The molecular formula is C19H29N3O5S2. The Morgan fingerprint density at radius 1 is 1.00 bits per heavy atom. The molecule has 1 amide bonds. The first kappa shape index (κ1) is 22.2. The molecule has 0 aromatic heterocycles. The Hall–Kier alpha value is -1.49.